The van der Waals surface area contributed by atoms with Crippen LogP contribution in [0.5, 0.6) is 0 Å². The monoisotopic (exact) mass is 535 g/mol. The van der Waals surface area contributed by atoms with Crippen LogP contribution in [0.15, 0.2) is 34.9 Å². The molecule has 1 aromatic rings. The van der Waals surface area contributed by atoms with Gasteiger partial charge in [0.15, 0.2) is 5.72 Å². The first kappa shape index (κ1) is 27.2. The zero-order chi connectivity index (χ0) is 27.9. The molecule has 0 spiro atoms. The fraction of sp³-hybridized carbons (Fsp3) is 0.545. The zero-order valence-electron chi connectivity index (χ0n) is 20.9. The van der Waals surface area contributed by atoms with Crippen LogP contribution in [0, 0.1) is 16.0 Å². The van der Waals surface area contributed by atoms with Gasteiger partial charge >= 0.3 is 12.0 Å². The van der Waals surface area contributed by atoms with E-state index in [2.05, 4.69) is 10.3 Å². The topological polar surface area (TPSA) is 237 Å². The van der Waals surface area contributed by atoms with Crippen LogP contribution < -0.4 is 16.8 Å². The number of hydrogen-bond acceptors (Lipinski definition) is 13. The Hall–Kier alpha value is -3.86. The molecule has 1 amide bonds. The van der Waals surface area contributed by atoms with Crippen LogP contribution in [0.25, 0.3) is 0 Å². The average Bonchev–Trinajstić information content (AvgIpc) is 3.22. The number of aliphatic hydroxyl groups is 1. The third kappa shape index (κ3) is 4.30. The van der Waals surface area contributed by atoms with Gasteiger partial charge in [-0.2, -0.15) is 0 Å². The van der Waals surface area contributed by atoms with E-state index in [1.807, 2.05) is 4.90 Å². The largest absolute Gasteiger partial charge is 0.449 e. The van der Waals surface area contributed by atoms with E-state index in [0.717, 1.165) is 0 Å². The van der Waals surface area contributed by atoms with Gasteiger partial charge in [-0.15, -0.1) is 0 Å². The Kier molecular flexibility index (Phi) is 7.24. The maximum Gasteiger partial charge on any atom is 0.434 e. The van der Waals surface area contributed by atoms with Crippen LogP contribution in [-0.2, 0) is 30.3 Å². The molecule has 1 aromatic heterocycles. The normalized spacial score (nSPS) is 27.9. The van der Waals surface area contributed by atoms with Gasteiger partial charge in [-0.05, 0) is 11.8 Å². The molecule has 2 saturated heterocycles. The summed E-state index contributed by atoms with van der Waals surface area (Å²) in [6.45, 7) is 2.15. The summed E-state index contributed by atoms with van der Waals surface area (Å²) < 4.78 is 16.7. The molecule has 5 atom stereocenters. The Morgan fingerprint density at radius 3 is 2.71 bits per heavy atom. The van der Waals surface area contributed by atoms with Crippen molar-refractivity contribution in [1.82, 2.24) is 19.8 Å². The van der Waals surface area contributed by atoms with Crippen molar-refractivity contribution in [2.24, 2.45) is 17.4 Å². The molecule has 3 aliphatic heterocycles. The summed E-state index contributed by atoms with van der Waals surface area (Å²) in [5.41, 5.74) is 10.7. The second-order valence-corrected chi connectivity index (χ2v) is 9.21. The van der Waals surface area contributed by atoms with Crippen LogP contribution >= 0.6 is 0 Å². The van der Waals surface area contributed by atoms with E-state index >= 15 is 0 Å². The van der Waals surface area contributed by atoms with E-state index < -0.39 is 34.5 Å². The molecule has 16 nitrogen and oxygen atoms in total. The number of ketones is 2. The number of amides is 1. The fourth-order valence-electron chi connectivity index (χ4n) is 5.40. The van der Waals surface area contributed by atoms with E-state index in [4.69, 9.17) is 25.7 Å². The third-order valence-corrected chi connectivity index (χ3v) is 7.10. The minimum absolute atomic E-state index is 0.0586. The molecule has 6 N–H and O–H groups in total. The van der Waals surface area contributed by atoms with Gasteiger partial charge in [-0.25, -0.2) is 9.36 Å². The number of fused-ring (bicyclic) bond motifs is 4. The number of aliphatic hydroxyl groups excluding tert-OH is 1. The van der Waals surface area contributed by atoms with Crippen molar-refractivity contribution in [3.63, 3.8) is 0 Å². The SMILES string of the molecule is COCC(O)Cn1ccnc1[N+](=O)[O-].CO[C@@]12[C@H](COC(N)=O)C3=C(C(=O)C(C)=C(N)C3=O)N1C[C@@H]1N[C@@H]12. The maximum absolute atomic E-state index is 12.8. The molecule has 0 radical (unpaired) electrons. The quantitative estimate of drug-likeness (QED) is 0.124. The zero-order valence-corrected chi connectivity index (χ0v) is 20.9. The molecule has 2 fully saturated rings. The van der Waals surface area contributed by atoms with Gasteiger partial charge in [0.25, 0.3) is 0 Å². The molecular weight excluding hydrogens is 506 g/mol. The van der Waals surface area contributed by atoms with Crippen molar-refractivity contribution >= 4 is 23.6 Å². The Balaban J connectivity index is 0.000000206. The average molecular weight is 536 g/mol. The molecule has 4 heterocycles. The summed E-state index contributed by atoms with van der Waals surface area (Å²) in [5.74, 6) is -1.62. The van der Waals surface area contributed by atoms with Crippen LogP contribution in [0.2, 0.25) is 0 Å². The second-order valence-electron chi connectivity index (χ2n) is 9.21. The maximum atomic E-state index is 12.8. The van der Waals surface area contributed by atoms with E-state index in [-0.39, 0.29) is 60.4 Å². The number of methoxy groups -OCH3 is 2. The number of carbonyl (C=O) groups excluding carboxylic acids is 3. The number of allylic oxidation sites excluding steroid dienone is 2. The Morgan fingerprint density at radius 2 is 2.11 bits per heavy atom. The number of ether oxygens (including phenoxy) is 3. The number of imidazole rings is 1. The van der Waals surface area contributed by atoms with Gasteiger partial charge < -0.3 is 51.1 Å². The summed E-state index contributed by atoms with van der Waals surface area (Å²) in [6, 6.07) is 0.109. The van der Waals surface area contributed by atoms with Crippen molar-refractivity contribution in [3.8, 4) is 0 Å². The molecule has 5 rings (SSSR count). The van der Waals surface area contributed by atoms with Crippen LogP contribution in [0.1, 0.15) is 6.92 Å². The van der Waals surface area contributed by atoms with E-state index in [9.17, 15) is 29.6 Å². The first-order valence-corrected chi connectivity index (χ1v) is 11.6. The molecule has 0 bridgehead atoms. The predicted octanol–water partition coefficient (Wildman–Crippen LogP) is -1.85. The lowest BCUT2D eigenvalue weighted by molar-refractivity contribution is -0.397. The number of hydrogen-bond donors (Lipinski definition) is 4. The number of rotatable bonds is 8. The van der Waals surface area contributed by atoms with Gasteiger partial charge in [0.05, 0.1) is 36.5 Å². The minimum Gasteiger partial charge on any atom is -0.449 e. The Labute approximate surface area is 216 Å². The third-order valence-electron chi connectivity index (χ3n) is 7.10. The van der Waals surface area contributed by atoms with Gasteiger partial charge in [0.1, 0.15) is 25.1 Å². The number of Topliss-reactive ketones (excluding diaryl/α,β-unsaturated/α-hetero) is 2. The molecular formula is C22H29N7O9. The first-order chi connectivity index (χ1) is 18.0. The molecule has 16 heteroatoms. The van der Waals surface area contributed by atoms with E-state index in [1.165, 1.54) is 38.1 Å². The summed E-state index contributed by atoms with van der Waals surface area (Å²) in [6.07, 6.45) is 1.04. The number of primary amides is 1. The number of nitrogens with zero attached hydrogens (tertiary/aromatic N) is 4. The summed E-state index contributed by atoms with van der Waals surface area (Å²) in [7, 11) is 2.97. The van der Waals surface area contributed by atoms with Crippen molar-refractivity contribution < 1.29 is 38.6 Å². The second kappa shape index (κ2) is 10.1. The first-order valence-electron chi connectivity index (χ1n) is 11.6. The molecule has 0 aromatic carbocycles. The van der Waals surface area contributed by atoms with Crippen molar-refractivity contribution in [3.05, 3.63) is 45.0 Å². The summed E-state index contributed by atoms with van der Waals surface area (Å²) in [4.78, 5) is 51.8. The molecule has 4 aliphatic rings. The van der Waals surface area contributed by atoms with Crippen molar-refractivity contribution in [2.75, 3.05) is 34.0 Å². The van der Waals surface area contributed by atoms with Crippen LogP contribution in [0.4, 0.5) is 10.7 Å². The Bertz CT molecular complexity index is 1240. The number of nitro groups is 1. The lowest BCUT2D eigenvalue weighted by Gasteiger charge is -2.39. The van der Waals surface area contributed by atoms with Crippen molar-refractivity contribution in [2.45, 2.75) is 37.4 Å². The Morgan fingerprint density at radius 1 is 1.39 bits per heavy atom. The van der Waals surface area contributed by atoms with Gasteiger partial charge in [-0.3, -0.25) is 9.59 Å². The molecule has 38 heavy (non-hydrogen) atoms. The van der Waals surface area contributed by atoms with E-state index in [1.54, 1.807) is 0 Å². The fourth-order valence-corrected chi connectivity index (χ4v) is 5.40. The predicted molar refractivity (Wildman–Crippen MR) is 127 cm³/mol. The summed E-state index contributed by atoms with van der Waals surface area (Å²) >= 11 is 0. The number of nitrogens with one attached hydrogen (secondary N) is 1. The molecule has 206 valence electrons. The molecule has 1 unspecified atom stereocenters. The standard InChI is InChI=1S/C15H18N4O5.C7H11N3O4/c1-5-9(16)12(21)8-6(4-24-14(17)22)15(23-2)13-7(18-13)3-19(15)10(8)11(5)20;1-14-5-6(11)4-9-3-2-8-7(9)10(12)13/h6-7,13,18H,3-4,16H2,1-2H3,(H2,17,22);2-3,6,11H,4-5H2,1H3/t6-,7+,13+,15-;/m1./s1. The number of aromatic nitrogens is 2. The highest BCUT2D eigenvalue weighted by atomic mass is 16.6. The highest BCUT2D eigenvalue weighted by Crippen LogP contribution is 2.55. The van der Waals surface area contributed by atoms with Crippen LogP contribution in [0.3, 0.4) is 0 Å². The molecule has 0 saturated carbocycles. The van der Waals surface area contributed by atoms with Gasteiger partial charge in [-0.1, -0.05) is 4.98 Å². The van der Waals surface area contributed by atoms with Crippen molar-refractivity contribution in [1.29, 1.82) is 0 Å². The van der Waals surface area contributed by atoms with E-state index in [0.29, 0.717) is 12.2 Å². The van der Waals surface area contributed by atoms with Crippen LogP contribution in [-0.4, -0.2) is 100 Å². The number of carbonyl (C=O) groups is 3. The minimum atomic E-state index is -0.957. The highest BCUT2D eigenvalue weighted by Gasteiger charge is 2.72. The molecule has 1 aliphatic carbocycles. The highest BCUT2D eigenvalue weighted by molar-refractivity contribution is 6.25. The van der Waals surface area contributed by atoms with Gasteiger partial charge in [0, 0.05) is 38.0 Å². The smallest absolute Gasteiger partial charge is 0.434 e. The number of nitrogens with two attached hydrogens (primary N) is 2. The van der Waals surface area contributed by atoms with Gasteiger partial charge in [0.2, 0.25) is 11.6 Å². The number of piperazine rings is 1. The lowest BCUT2D eigenvalue weighted by Crippen LogP contribution is -2.55. The lowest BCUT2D eigenvalue weighted by atomic mass is 9.82. The summed E-state index contributed by atoms with van der Waals surface area (Å²) in [5, 5.41) is 23.0.